The van der Waals surface area contributed by atoms with Gasteiger partial charge in [0.1, 0.15) is 0 Å². The fraction of sp³-hybridized carbons (Fsp3) is 0.294. The van der Waals surface area contributed by atoms with Crippen LogP contribution in [-0.4, -0.2) is 10.8 Å². The highest BCUT2D eigenvalue weighted by Crippen LogP contribution is 2.35. The molecule has 2 nitrogen and oxygen atoms in total. The highest BCUT2D eigenvalue weighted by atomic mass is 16.1. The summed E-state index contributed by atoms with van der Waals surface area (Å²) in [5, 5.41) is 1.08. The number of carbonyl (C=O) groups excluding carboxylic acids is 1. The average molecular weight is 251 g/mol. The van der Waals surface area contributed by atoms with Crippen LogP contribution in [0.2, 0.25) is 0 Å². The average Bonchev–Trinajstić information content (AvgIpc) is 2.41. The first-order valence-corrected chi connectivity index (χ1v) is 6.66. The van der Waals surface area contributed by atoms with Crippen molar-refractivity contribution in [2.24, 2.45) is 5.41 Å². The van der Waals surface area contributed by atoms with Crippen molar-refractivity contribution in [1.82, 2.24) is 4.98 Å². The first-order chi connectivity index (χ1) is 9.05. The smallest absolute Gasteiger partial charge is 0.163 e. The van der Waals surface area contributed by atoms with Crippen LogP contribution in [0.1, 0.15) is 32.3 Å². The maximum atomic E-state index is 12.1. The van der Waals surface area contributed by atoms with Crippen LogP contribution in [0, 0.1) is 5.41 Å². The van der Waals surface area contributed by atoms with Crippen LogP contribution in [0.3, 0.4) is 0 Å². The third-order valence-corrected chi connectivity index (χ3v) is 3.73. The Morgan fingerprint density at radius 3 is 2.84 bits per heavy atom. The van der Waals surface area contributed by atoms with Crippen LogP contribution < -0.4 is 0 Å². The number of Topliss-reactive ketones (excluding diaryl/α,β-unsaturated/α-hetero) is 1. The van der Waals surface area contributed by atoms with Gasteiger partial charge in [-0.2, -0.15) is 0 Å². The van der Waals surface area contributed by atoms with Gasteiger partial charge in [-0.05, 0) is 24.0 Å². The first-order valence-electron chi connectivity index (χ1n) is 6.66. The van der Waals surface area contributed by atoms with Crippen molar-refractivity contribution in [2.75, 3.05) is 0 Å². The molecule has 0 radical (unpaired) electrons. The molecule has 2 aromatic rings. The Morgan fingerprint density at radius 1 is 1.21 bits per heavy atom. The molecule has 1 aliphatic carbocycles. The highest BCUT2D eigenvalue weighted by molar-refractivity contribution is 6.21. The van der Waals surface area contributed by atoms with Gasteiger partial charge in [-0.15, -0.1) is 0 Å². The molecule has 2 heteroatoms. The zero-order valence-corrected chi connectivity index (χ0v) is 11.3. The van der Waals surface area contributed by atoms with E-state index in [4.69, 9.17) is 0 Å². The Labute approximate surface area is 113 Å². The van der Waals surface area contributed by atoms with E-state index < -0.39 is 0 Å². The molecule has 0 bridgehead atoms. The van der Waals surface area contributed by atoms with Gasteiger partial charge >= 0.3 is 0 Å². The molecule has 0 fully saturated rings. The van der Waals surface area contributed by atoms with Crippen molar-refractivity contribution in [3.63, 3.8) is 0 Å². The minimum absolute atomic E-state index is 0.0922. The Hall–Kier alpha value is -1.96. The van der Waals surface area contributed by atoms with Crippen LogP contribution in [0.5, 0.6) is 0 Å². The largest absolute Gasteiger partial charge is 0.294 e. The van der Waals surface area contributed by atoms with Gasteiger partial charge in [0.15, 0.2) is 5.78 Å². The quantitative estimate of drug-likeness (QED) is 0.766. The van der Waals surface area contributed by atoms with Crippen LogP contribution >= 0.6 is 0 Å². The summed E-state index contributed by atoms with van der Waals surface area (Å²) in [4.78, 5) is 16.6. The number of allylic oxidation sites excluding steroid dienone is 2. The molecule has 96 valence electrons. The fourth-order valence-corrected chi connectivity index (χ4v) is 2.58. The highest BCUT2D eigenvalue weighted by Gasteiger charge is 2.26. The molecule has 1 heterocycles. The Bertz CT molecular complexity index is 682. The van der Waals surface area contributed by atoms with Crippen LogP contribution in [0.4, 0.5) is 0 Å². The molecule has 1 aromatic heterocycles. The molecule has 1 aliphatic rings. The van der Waals surface area contributed by atoms with Gasteiger partial charge in [0.25, 0.3) is 0 Å². The van der Waals surface area contributed by atoms with Crippen molar-refractivity contribution in [3.8, 4) is 0 Å². The van der Waals surface area contributed by atoms with E-state index in [0.717, 1.165) is 28.5 Å². The van der Waals surface area contributed by atoms with Gasteiger partial charge in [0, 0.05) is 29.1 Å². The summed E-state index contributed by atoms with van der Waals surface area (Å²) in [5.41, 5.74) is 2.83. The van der Waals surface area contributed by atoms with E-state index in [1.165, 1.54) is 0 Å². The van der Waals surface area contributed by atoms with E-state index in [-0.39, 0.29) is 11.2 Å². The minimum Gasteiger partial charge on any atom is -0.294 e. The van der Waals surface area contributed by atoms with E-state index in [1.54, 1.807) is 0 Å². The molecule has 3 rings (SSSR count). The Morgan fingerprint density at radius 2 is 2.00 bits per heavy atom. The van der Waals surface area contributed by atoms with Gasteiger partial charge in [0.2, 0.25) is 0 Å². The van der Waals surface area contributed by atoms with E-state index >= 15 is 0 Å². The van der Waals surface area contributed by atoms with Crippen LogP contribution in [0.25, 0.3) is 16.5 Å². The summed E-state index contributed by atoms with van der Waals surface area (Å²) >= 11 is 0. The molecular formula is C17H17NO. The number of benzene rings is 1. The molecule has 19 heavy (non-hydrogen) atoms. The second-order valence-corrected chi connectivity index (χ2v) is 5.89. The summed E-state index contributed by atoms with van der Waals surface area (Å²) in [5.74, 6) is 0.233. The molecule has 0 unspecified atom stereocenters. The SMILES string of the molecule is CC1(C)C=C(c2cnc3ccccc3c2)C(=O)CC1. The third-order valence-electron chi connectivity index (χ3n) is 3.73. The van der Waals surface area contributed by atoms with Gasteiger partial charge in [-0.25, -0.2) is 0 Å². The molecule has 0 saturated heterocycles. The second-order valence-electron chi connectivity index (χ2n) is 5.89. The molecule has 0 atom stereocenters. The molecule has 0 N–H and O–H groups in total. The standard InChI is InChI=1S/C17H17NO/c1-17(2)8-7-16(19)14(10-17)13-9-12-5-3-4-6-15(12)18-11-13/h3-6,9-11H,7-8H2,1-2H3. The lowest BCUT2D eigenvalue weighted by Crippen LogP contribution is -2.19. The lowest BCUT2D eigenvalue weighted by Gasteiger charge is -2.26. The summed E-state index contributed by atoms with van der Waals surface area (Å²) in [6.45, 7) is 4.35. The molecule has 0 aliphatic heterocycles. The van der Waals surface area contributed by atoms with Crippen LogP contribution in [0.15, 0.2) is 42.6 Å². The minimum atomic E-state index is 0.0922. The van der Waals surface area contributed by atoms with E-state index in [2.05, 4.69) is 31.0 Å². The zero-order valence-electron chi connectivity index (χ0n) is 11.3. The Balaban J connectivity index is 2.13. The van der Waals surface area contributed by atoms with Crippen molar-refractivity contribution >= 4 is 22.3 Å². The van der Waals surface area contributed by atoms with E-state index in [0.29, 0.717) is 6.42 Å². The predicted octanol–water partition coefficient (Wildman–Crippen LogP) is 4.01. The number of hydrogen-bond donors (Lipinski definition) is 0. The topological polar surface area (TPSA) is 30.0 Å². The number of para-hydroxylation sites is 1. The first kappa shape index (κ1) is 12.1. The lowest BCUT2D eigenvalue weighted by molar-refractivity contribution is -0.114. The van der Waals surface area contributed by atoms with Crippen molar-refractivity contribution in [3.05, 3.63) is 48.2 Å². The molecule has 0 spiro atoms. The van der Waals surface area contributed by atoms with Crippen molar-refractivity contribution in [1.29, 1.82) is 0 Å². The maximum Gasteiger partial charge on any atom is 0.163 e. The summed E-state index contributed by atoms with van der Waals surface area (Å²) in [7, 11) is 0. The summed E-state index contributed by atoms with van der Waals surface area (Å²) in [6, 6.07) is 10.1. The van der Waals surface area contributed by atoms with Crippen molar-refractivity contribution in [2.45, 2.75) is 26.7 Å². The maximum absolute atomic E-state index is 12.1. The number of aromatic nitrogens is 1. The van der Waals surface area contributed by atoms with Gasteiger partial charge in [-0.3, -0.25) is 9.78 Å². The van der Waals surface area contributed by atoms with E-state index in [9.17, 15) is 4.79 Å². The second kappa shape index (κ2) is 4.30. The number of pyridine rings is 1. The molecular weight excluding hydrogens is 234 g/mol. The van der Waals surface area contributed by atoms with E-state index in [1.807, 2.05) is 30.5 Å². The normalized spacial score (nSPS) is 18.4. The number of nitrogens with zero attached hydrogens (tertiary/aromatic N) is 1. The zero-order chi connectivity index (χ0) is 13.5. The summed E-state index contributed by atoms with van der Waals surface area (Å²) < 4.78 is 0. The number of ketones is 1. The van der Waals surface area contributed by atoms with Crippen molar-refractivity contribution < 1.29 is 4.79 Å². The monoisotopic (exact) mass is 251 g/mol. The molecule has 0 saturated carbocycles. The number of hydrogen-bond acceptors (Lipinski definition) is 2. The third kappa shape index (κ3) is 2.30. The van der Waals surface area contributed by atoms with Crippen LogP contribution in [-0.2, 0) is 4.79 Å². The Kier molecular flexibility index (Phi) is 2.74. The molecule has 1 aromatic carbocycles. The lowest BCUT2D eigenvalue weighted by atomic mass is 9.77. The fourth-order valence-electron chi connectivity index (χ4n) is 2.58. The predicted molar refractivity (Wildman–Crippen MR) is 77.7 cm³/mol. The molecule has 0 amide bonds. The van der Waals surface area contributed by atoms with Gasteiger partial charge in [0.05, 0.1) is 5.52 Å². The number of rotatable bonds is 1. The van der Waals surface area contributed by atoms with Gasteiger partial charge < -0.3 is 0 Å². The number of fused-ring (bicyclic) bond motifs is 1. The number of carbonyl (C=O) groups is 1. The summed E-state index contributed by atoms with van der Waals surface area (Å²) in [6.07, 6.45) is 5.47. The van der Waals surface area contributed by atoms with Gasteiger partial charge in [-0.1, -0.05) is 38.1 Å².